The average Bonchev–Trinajstić information content (AvgIpc) is 2.77. The molecule has 0 saturated carbocycles. The first-order chi connectivity index (χ1) is 8.68. The molecule has 2 N–H and O–H groups in total. The van der Waals surface area contributed by atoms with E-state index in [4.69, 9.17) is 0 Å². The summed E-state index contributed by atoms with van der Waals surface area (Å²) in [6.07, 6.45) is 0. The molecule has 0 atom stereocenters. The summed E-state index contributed by atoms with van der Waals surface area (Å²) in [5, 5.41) is 7.25. The molecule has 0 fully saturated rings. The summed E-state index contributed by atoms with van der Waals surface area (Å²) < 4.78 is 5.54. The lowest BCUT2D eigenvalue weighted by Crippen LogP contribution is -2.31. The maximum absolute atomic E-state index is 11.4. The predicted octanol–water partition coefficient (Wildman–Crippen LogP) is 2.48. The molecule has 0 unspecified atom stereocenters. The minimum absolute atomic E-state index is 0.0325. The smallest absolute Gasteiger partial charge is 0.222 e. The Labute approximate surface area is 111 Å². The van der Waals surface area contributed by atoms with Gasteiger partial charge in [-0.2, -0.15) is 4.37 Å². The Morgan fingerprint density at radius 1 is 1.33 bits per heavy atom. The van der Waals surface area contributed by atoms with Crippen LogP contribution < -0.4 is 10.6 Å². The molecular weight excluding hydrogens is 246 g/mol. The molecule has 0 aliphatic heterocycles. The van der Waals surface area contributed by atoms with Gasteiger partial charge in [-0.3, -0.25) is 4.79 Å². The molecule has 96 valence electrons. The van der Waals surface area contributed by atoms with Gasteiger partial charge in [-0.05, 0) is 23.7 Å². The summed E-state index contributed by atoms with van der Waals surface area (Å²) in [6.45, 7) is 5.07. The van der Waals surface area contributed by atoms with E-state index in [1.54, 1.807) is 0 Å². The number of hydrogen-bond donors (Lipinski definition) is 2. The van der Waals surface area contributed by atoms with Crippen LogP contribution in [0.4, 0.5) is 5.82 Å². The number of nitrogens with one attached hydrogen (secondary N) is 2. The van der Waals surface area contributed by atoms with Gasteiger partial charge in [-0.25, -0.2) is 0 Å². The molecule has 2 aromatic rings. The fourth-order valence-electron chi connectivity index (χ4n) is 1.58. The van der Waals surface area contributed by atoms with Crippen molar-refractivity contribution in [2.45, 2.75) is 13.8 Å². The monoisotopic (exact) mass is 263 g/mol. The minimum atomic E-state index is 0.0325. The fraction of sp³-hybridized carbons (Fsp3) is 0.385. The van der Waals surface area contributed by atoms with Crippen LogP contribution in [0.3, 0.4) is 0 Å². The van der Waals surface area contributed by atoms with Crippen LogP contribution in [0.1, 0.15) is 13.8 Å². The number of anilines is 1. The number of fused-ring (bicyclic) bond motifs is 1. The Morgan fingerprint density at radius 2 is 2.11 bits per heavy atom. The number of nitrogens with zero attached hydrogens (tertiary/aromatic N) is 1. The molecule has 0 spiro atoms. The first kappa shape index (κ1) is 12.8. The summed E-state index contributed by atoms with van der Waals surface area (Å²) in [6, 6.07) is 8.11. The molecule has 0 radical (unpaired) electrons. The topological polar surface area (TPSA) is 54.0 Å². The molecule has 1 aromatic heterocycles. The van der Waals surface area contributed by atoms with E-state index >= 15 is 0 Å². The van der Waals surface area contributed by atoms with Crippen molar-refractivity contribution in [1.82, 2.24) is 9.69 Å². The van der Waals surface area contributed by atoms with Gasteiger partial charge in [-0.15, -0.1) is 0 Å². The van der Waals surface area contributed by atoms with E-state index in [-0.39, 0.29) is 11.8 Å². The second-order valence-corrected chi connectivity index (χ2v) is 5.20. The quantitative estimate of drug-likeness (QED) is 0.815. The predicted molar refractivity (Wildman–Crippen MR) is 76.0 cm³/mol. The Morgan fingerprint density at radius 3 is 2.89 bits per heavy atom. The van der Waals surface area contributed by atoms with Gasteiger partial charge in [0, 0.05) is 24.4 Å². The summed E-state index contributed by atoms with van der Waals surface area (Å²) in [5.74, 6) is 1.01. The molecule has 0 bridgehead atoms. The van der Waals surface area contributed by atoms with Crippen molar-refractivity contribution >= 4 is 33.3 Å². The third kappa shape index (κ3) is 2.98. The second kappa shape index (κ2) is 5.82. The van der Waals surface area contributed by atoms with Gasteiger partial charge in [0.25, 0.3) is 0 Å². The lowest BCUT2D eigenvalue weighted by Gasteiger charge is -2.08. The van der Waals surface area contributed by atoms with Crippen LogP contribution in [0, 0.1) is 5.92 Å². The van der Waals surface area contributed by atoms with Gasteiger partial charge in [0.15, 0.2) is 0 Å². The Hall–Kier alpha value is -1.62. The number of benzene rings is 1. The summed E-state index contributed by atoms with van der Waals surface area (Å²) in [5.41, 5.74) is 0. The van der Waals surface area contributed by atoms with Gasteiger partial charge in [0.05, 0.1) is 4.70 Å². The van der Waals surface area contributed by atoms with Gasteiger partial charge in [0.1, 0.15) is 5.82 Å². The molecular formula is C13H17N3OS. The van der Waals surface area contributed by atoms with Crippen molar-refractivity contribution in [2.24, 2.45) is 5.92 Å². The molecule has 2 rings (SSSR count). The van der Waals surface area contributed by atoms with Crippen molar-refractivity contribution in [3.05, 3.63) is 24.3 Å². The maximum Gasteiger partial charge on any atom is 0.222 e. The average molecular weight is 263 g/mol. The van der Waals surface area contributed by atoms with Crippen molar-refractivity contribution in [3.63, 3.8) is 0 Å². The molecule has 0 aliphatic carbocycles. The normalized spacial score (nSPS) is 10.8. The van der Waals surface area contributed by atoms with Gasteiger partial charge < -0.3 is 10.6 Å². The van der Waals surface area contributed by atoms with Crippen molar-refractivity contribution < 1.29 is 4.79 Å². The van der Waals surface area contributed by atoms with Gasteiger partial charge >= 0.3 is 0 Å². The Balaban J connectivity index is 1.85. The highest BCUT2D eigenvalue weighted by Gasteiger charge is 2.06. The summed E-state index contributed by atoms with van der Waals surface area (Å²) in [4.78, 5) is 11.4. The highest BCUT2D eigenvalue weighted by atomic mass is 32.1. The number of hydrogen-bond acceptors (Lipinski definition) is 4. The lowest BCUT2D eigenvalue weighted by atomic mass is 10.2. The fourth-order valence-corrected chi connectivity index (χ4v) is 2.34. The SMILES string of the molecule is CC(C)C(=O)NCCNc1nsc2ccccc12. The largest absolute Gasteiger partial charge is 0.367 e. The van der Waals surface area contributed by atoms with Crippen LogP contribution in [0.25, 0.3) is 10.1 Å². The van der Waals surface area contributed by atoms with E-state index in [0.717, 1.165) is 11.2 Å². The number of rotatable bonds is 5. The number of carbonyl (C=O) groups is 1. The standard InChI is InChI=1S/C13H17N3OS/c1-9(2)13(17)15-8-7-14-12-10-5-3-4-6-11(10)18-16-12/h3-6,9H,7-8H2,1-2H3,(H,14,16)(H,15,17). The summed E-state index contributed by atoms with van der Waals surface area (Å²) in [7, 11) is 0. The zero-order valence-electron chi connectivity index (χ0n) is 10.6. The van der Waals surface area contributed by atoms with Crippen molar-refractivity contribution in [2.75, 3.05) is 18.4 Å². The molecule has 0 aliphatic rings. The first-order valence-corrected chi connectivity index (χ1v) is 6.82. The van der Waals surface area contributed by atoms with E-state index in [1.807, 2.05) is 32.0 Å². The van der Waals surface area contributed by atoms with E-state index in [1.165, 1.54) is 16.2 Å². The second-order valence-electron chi connectivity index (χ2n) is 4.40. The van der Waals surface area contributed by atoms with Crippen LogP contribution >= 0.6 is 11.5 Å². The third-order valence-electron chi connectivity index (χ3n) is 2.62. The first-order valence-electron chi connectivity index (χ1n) is 6.04. The minimum Gasteiger partial charge on any atom is -0.367 e. The molecule has 1 aromatic carbocycles. The summed E-state index contributed by atoms with van der Waals surface area (Å²) >= 11 is 1.48. The van der Waals surface area contributed by atoms with E-state index in [0.29, 0.717) is 13.1 Å². The number of aromatic nitrogens is 1. The molecule has 1 amide bonds. The molecule has 5 heteroatoms. The molecule has 4 nitrogen and oxygen atoms in total. The van der Waals surface area contributed by atoms with Crippen LogP contribution in [-0.2, 0) is 4.79 Å². The van der Waals surface area contributed by atoms with Crippen LogP contribution in [0.5, 0.6) is 0 Å². The maximum atomic E-state index is 11.4. The van der Waals surface area contributed by atoms with E-state index < -0.39 is 0 Å². The number of carbonyl (C=O) groups excluding carboxylic acids is 1. The molecule has 0 saturated heterocycles. The number of amides is 1. The van der Waals surface area contributed by atoms with Crippen LogP contribution in [-0.4, -0.2) is 23.4 Å². The van der Waals surface area contributed by atoms with Gasteiger partial charge in [-0.1, -0.05) is 26.0 Å². The van der Waals surface area contributed by atoms with E-state index in [2.05, 4.69) is 21.1 Å². The Kier molecular flexibility index (Phi) is 4.15. The highest BCUT2D eigenvalue weighted by Crippen LogP contribution is 2.25. The van der Waals surface area contributed by atoms with Crippen molar-refractivity contribution in [3.8, 4) is 0 Å². The third-order valence-corrected chi connectivity index (χ3v) is 3.45. The Bertz CT molecular complexity index is 536. The zero-order valence-corrected chi connectivity index (χ0v) is 11.4. The zero-order chi connectivity index (χ0) is 13.0. The lowest BCUT2D eigenvalue weighted by molar-refractivity contribution is -0.123. The van der Waals surface area contributed by atoms with Crippen molar-refractivity contribution in [1.29, 1.82) is 0 Å². The molecule has 1 heterocycles. The van der Waals surface area contributed by atoms with Crippen LogP contribution in [0.2, 0.25) is 0 Å². The van der Waals surface area contributed by atoms with Gasteiger partial charge in [0.2, 0.25) is 5.91 Å². The highest BCUT2D eigenvalue weighted by molar-refractivity contribution is 7.13. The van der Waals surface area contributed by atoms with Crippen LogP contribution in [0.15, 0.2) is 24.3 Å². The molecule has 18 heavy (non-hydrogen) atoms. The van der Waals surface area contributed by atoms with E-state index in [9.17, 15) is 4.79 Å².